The summed E-state index contributed by atoms with van der Waals surface area (Å²) in [5, 5.41) is 4.02. The lowest BCUT2D eigenvalue weighted by molar-refractivity contribution is 0.494. The number of hydrogen-bond donors (Lipinski definition) is 0. The van der Waals surface area contributed by atoms with Gasteiger partial charge in [0.2, 0.25) is 5.95 Å². The number of sulfonamides is 1. The van der Waals surface area contributed by atoms with E-state index in [4.69, 9.17) is 4.42 Å². The van der Waals surface area contributed by atoms with Crippen molar-refractivity contribution in [3.05, 3.63) is 23.9 Å². The van der Waals surface area contributed by atoms with Gasteiger partial charge in [-0.1, -0.05) is 0 Å². The molecule has 0 radical (unpaired) electrons. The van der Waals surface area contributed by atoms with Crippen LogP contribution in [0.5, 0.6) is 0 Å². The van der Waals surface area contributed by atoms with E-state index in [1.54, 1.807) is 24.6 Å². The molecule has 3 heterocycles. The van der Waals surface area contributed by atoms with Gasteiger partial charge in [0.05, 0.1) is 0 Å². The fourth-order valence-electron chi connectivity index (χ4n) is 2.28. The highest BCUT2D eigenvalue weighted by Crippen LogP contribution is 2.28. The van der Waals surface area contributed by atoms with Crippen molar-refractivity contribution < 1.29 is 12.8 Å². The van der Waals surface area contributed by atoms with E-state index in [1.807, 2.05) is 0 Å². The quantitative estimate of drug-likeness (QED) is 0.823. The molecular weight excluding hydrogens is 268 g/mol. The Morgan fingerprint density at radius 1 is 1.32 bits per heavy atom. The molecular formula is C11H14N4O3S. The molecule has 102 valence electrons. The maximum absolute atomic E-state index is 12.7. The van der Waals surface area contributed by atoms with Crippen LogP contribution >= 0.6 is 0 Å². The van der Waals surface area contributed by atoms with E-state index < -0.39 is 10.0 Å². The van der Waals surface area contributed by atoms with Crippen LogP contribution in [0.3, 0.4) is 0 Å². The second kappa shape index (κ2) is 4.09. The lowest BCUT2D eigenvalue weighted by atomic mass is 10.4. The summed E-state index contributed by atoms with van der Waals surface area (Å²) in [6, 6.07) is 1.54. The first kappa shape index (κ1) is 12.2. The highest BCUT2D eigenvalue weighted by Gasteiger charge is 2.33. The summed E-state index contributed by atoms with van der Waals surface area (Å²) < 4.78 is 33.5. The smallest absolute Gasteiger partial charge is 0.270 e. The van der Waals surface area contributed by atoms with Crippen molar-refractivity contribution in [1.29, 1.82) is 0 Å². The standard InChI is InChI=1S/C11H14N4O3S/c1-8-6-10(9(2)18-8)19(16,17)15-5-3-4-14-11(15)12-7-13-14/h6-7H,3-5H2,1-2H3. The van der Waals surface area contributed by atoms with Gasteiger partial charge in [-0.2, -0.15) is 10.1 Å². The first-order valence-electron chi connectivity index (χ1n) is 5.98. The molecule has 0 saturated heterocycles. The van der Waals surface area contributed by atoms with Gasteiger partial charge in [-0.05, 0) is 20.3 Å². The van der Waals surface area contributed by atoms with Gasteiger partial charge in [0.1, 0.15) is 22.7 Å². The Bertz CT molecular complexity index is 716. The molecule has 0 saturated carbocycles. The number of fused-ring (bicyclic) bond motifs is 1. The molecule has 0 bridgehead atoms. The molecule has 19 heavy (non-hydrogen) atoms. The Morgan fingerprint density at radius 3 is 2.79 bits per heavy atom. The molecule has 0 N–H and O–H groups in total. The van der Waals surface area contributed by atoms with Crippen LogP contribution < -0.4 is 4.31 Å². The van der Waals surface area contributed by atoms with Crippen molar-refractivity contribution >= 4 is 16.0 Å². The van der Waals surface area contributed by atoms with Gasteiger partial charge < -0.3 is 4.42 Å². The third-order valence-electron chi connectivity index (χ3n) is 3.11. The summed E-state index contributed by atoms with van der Waals surface area (Å²) >= 11 is 0. The molecule has 8 heteroatoms. The maximum Gasteiger partial charge on any atom is 0.270 e. The van der Waals surface area contributed by atoms with Crippen LogP contribution in [-0.2, 0) is 16.6 Å². The van der Waals surface area contributed by atoms with Crippen LogP contribution in [0.15, 0.2) is 21.7 Å². The molecule has 0 spiro atoms. The predicted molar refractivity (Wildman–Crippen MR) is 67.4 cm³/mol. The Morgan fingerprint density at radius 2 is 2.11 bits per heavy atom. The number of furan rings is 1. The number of hydrogen-bond acceptors (Lipinski definition) is 5. The Balaban J connectivity index is 2.10. The van der Waals surface area contributed by atoms with E-state index >= 15 is 0 Å². The topological polar surface area (TPSA) is 81.2 Å². The van der Waals surface area contributed by atoms with E-state index in [0.29, 0.717) is 37.0 Å². The van der Waals surface area contributed by atoms with E-state index in [-0.39, 0.29) is 4.90 Å². The second-order valence-corrected chi connectivity index (χ2v) is 6.32. The zero-order valence-electron chi connectivity index (χ0n) is 10.7. The largest absolute Gasteiger partial charge is 0.465 e. The normalized spacial score (nSPS) is 15.6. The highest BCUT2D eigenvalue weighted by atomic mass is 32.2. The molecule has 0 atom stereocenters. The van der Waals surface area contributed by atoms with E-state index in [9.17, 15) is 8.42 Å². The number of anilines is 1. The summed E-state index contributed by atoms with van der Waals surface area (Å²) in [6.45, 7) is 4.47. The zero-order valence-corrected chi connectivity index (χ0v) is 11.5. The third-order valence-corrected chi connectivity index (χ3v) is 5.00. The molecule has 7 nitrogen and oxygen atoms in total. The minimum atomic E-state index is -3.64. The number of nitrogens with zero attached hydrogens (tertiary/aromatic N) is 4. The van der Waals surface area contributed by atoms with Crippen molar-refractivity contribution in [2.45, 2.75) is 31.7 Å². The van der Waals surface area contributed by atoms with Crippen LogP contribution in [0, 0.1) is 13.8 Å². The Hall–Kier alpha value is -1.83. The van der Waals surface area contributed by atoms with Gasteiger partial charge in [-0.3, -0.25) is 0 Å². The molecule has 0 unspecified atom stereocenters. The average Bonchev–Trinajstić information content (AvgIpc) is 2.94. The third kappa shape index (κ3) is 1.83. The van der Waals surface area contributed by atoms with Crippen molar-refractivity contribution in [1.82, 2.24) is 14.8 Å². The van der Waals surface area contributed by atoms with E-state index in [0.717, 1.165) is 0 Å². The first-order chi connectivity index (χ1) is 9.00. The monoisotopic (exact) mass is 282 g/mol. The van der Waals surface area contributed by atoms with E-state index in [2.05, 4.69) is 10.1 Å². The summed E-state index contributed by atoms with van der Waals surface area (Å²) in [5.41, 5.74) is 0. The summed E-state index contributed by atoms with van der Waals surface area (Å²) in [4.78, 5) is 4.23. The highest BCUT2D eigenvalue weighted by molar-refractivity contribution is 7.92. The SMILES string of the molecule is Cc1cc(S(=O)(=O)N2CCCn3ncnc32)c(C)o1. The lowest BCUT2D eigenvalue weighted by Gasteiger charge is -2.26. The van der Waals surface area contributed by atoms with Crippen LogP contribution in [-0.4, -0.2) is 29.7 Å². The molecule has 1 aliphatic rings. The van der Waals surface area contributed by atoms with Crippen molar-refractivity contribution in [3.63, 3.8) is 0 Å². The molecule has 1 aliphatic heterocycles. The summed E-state index contributed by atoms with van der Waals surface area (Å²) in [5.74, 6) is 1.34. The van der Waals surface area contributed by atoms with Crippen LogP contribution in [0.4, 0.5) is 5.95 Å². The molecule has 0 aromatic carbocycles. The summed E-state index contributed by atoms with van der Waals surface area (Å²) in [6.07, 6.45) is 2.09. The molecule has 0 aliphatic carbocycles. The molecule has 0 fully saturated rings. The van der Waals surface area contributed by atoms with Crippen LogP contribution in [0.1, 0.15) is 17.9 Å². The van der Waals surface area contributed by atoms with Gasteiger partial charge in [0, 0.05) is 19.2 Å². The van der Waals surface area contributed by atoms with Gasteiger partial charge >= 0.3 is 0 Å². The average molecular weight is 282 g/mol. The van der Waals surface area contributed by atoms with Gasteiger partial charge in [-0.25, -0.2) is 17.4 Å². The number of rotatable bonds is 2. The number of aromatic nitrogens is 3. The zero-order chi connectivity index (χ0) is 13.6. The van der Waals surface area contributed by atoms with Crippen molar-refractivity contribution in [2.24, 2.45) is 0 Å². The lowest BCUT2D eigenvalue weighted by Crippen LogP contribution is -2.38. The fourth-order valence-corrected chi connectivity index (χ4v) is 3.97. The van der Waals surface area contributed by atoms with E-state index in [1.165, 1.54) is 10.6 Å². The fraction of sp³-hybridized carbons (Fsp3) is 0.455. The Labute approximate surface area is 110 Å². The second-order valence-electron chi connectivity index (χ2n) is 4.49. The molecule has 2 aromatic rings. The first-order valence-corrected chi connectivity index (χ1v) is 7.42. The van der Waals surface area contributed by atoms with Crippen molar-refractivity contribution in [3.8, 4) is 0 Å². The molecule has 2 aromatic heterocycles. The predicted octanol–water partition coefficient (Wildman–Crippen LogP) is 1.09. The van der Waals surface area contributed by atoms with Gasteiger partial charge in [0.25, 0.3) is 10.0 Å². The number of aryl methyl sites for hydroxylation is 3. The minimum Gasteiger partial charge on any atom is -0.465 e. The van der Waals surface area contributed by atoms with Crippen LogP contribution in [0.25, 0.3) is 0 Å². The van der Waals surface area contributed by atoms with Gasteiger partial charge in [0.15, 0.2) is 0 Å². The minimum absolute atomic E-state index is 0.196. The van der Waals surface area contributed by atoms with Gasteiger partial charge in [-0.15, -0.1) is 0 Å². The molecule has 3 rings (SSSR count). The van der Waals surface area contributed by atoms with Crippen molar-refractivity contribution in [2.75, 3.05) is 10.8 Å². The Kier molecular flexibility index (Phi) is 2.63. The molecule has 0 amide bonds. The van der Waals surface area contributed by atoms with Crippen LogP contribution in [0.2, 0.25) is 0 Å². The maximum atomic E-state index is 12.7. The summed E-state index contributed by atoms with van der Waals surface area (Å²) in [7, 11) is -3.64.